The number of aliphatic carboxylic acids is 2. The summed E-state index contributed by atoms with van der Waals surface area (Å²) in [6.07, 6.45) is 6.27. The average Bonchev–Trinajstić information content (AvgIpc) is 3.56. The Labute approximate surface area is 217 Å². The molecule has 0 spiro atoms. The number of hydrogen-bond acceptors (Lipinski definition) is 9. The van der Waals surface area contributed by atoms with Crippen LogP contribution in [-0.2, 0) is 36.8 Å². The lowest BCUT2D eigenvalue weighted by Gasteiger charge is -2.24. The van der Waals surface area contributed by atoms with Gasteiger partial charge in [-0.1, -0.05) is 6.42 Å². The molecule has 11 N–H and O–H groups in total. The summed E-state index contributed by atoms with van der Waals surface area (Å²) in [5.74, 6) is -5.26. The highest BCUT2D eigenvalue weighted by Crippen LogP contribution is 2.06. The molecule has 38 heavy (non-hydrogen) atoms. The average molecular weight is 536 g/mol. The van der Waals surface area contributed by atoms with Gasteiger partial charge in [0, 0.05) is 36.6 Å². The van der Waals surface area contributed by atoms with Gasteiger partial charge >= 0.3 is 11.9 Å². The van der Waals surface area contributed by atoms with Crippen LogP contribution < -0.4 is 27.4 Å². The predicted molar refractivity (Wildman–Crippen MR) is 131 cm³/mol. The molecule has 0 aliphatic rings. The number of carboxylic acid groups (broad SMARTS) is 2. The van der Waals surface area contributed by atoms with Crippen molar-refractivity contribution >= 4 is 29.7 Å². The van der Waals surface area contributed by atoms with Gasteiger partial charge in [-0.25, -0.2) is 14.8 Å². The summed E-state index contributed by atoms with van der Waals surface area (Å²) in [5.41, 5.74) is 12.4. The van der Waals surface area contributed by atoms with E-state index < -0.39 is 60.2 Å². The largest absolute Gasteiger partial charge is 0.481 e. The first kappa shape index (κ1) is 29.9. The van der Waals surface area contributed by atoms with E-state index in [1.807, 2.05) is 0 Å². The van der Waals surface area contributed by atoms with E-state index in [-0.39, 0.29) is 12.8 Å². The van der Waals surface area contributed by atoms with Gasteiger partial charge in [0.25, 0.3) is 0 Å². The molecule has 208 valence electrons. The van der Waals surface area contributed by atoms with Gasteiger partial charge in [-0.15, -0.1) is 0 Å². The Morgan fingerprint density at radius 2 is 1.32 bits per heavy atom. The second-order valence-electron chi connectivity index (χ2n) is 8.57. The predicted octanol–water partition coefficient (Wildman–Crippen LogP) is -2.61. The van der Waals surface area contributed by atoms with Crippen molar-refractivity contribution < 1.29 is 34.2 Å². The summed E-state index contributed by atoms with van der Waals surface area (Å²) in [5, 5.41) is 25.5. The Kier molecular flexibility index (Phi) is 11.9. The summed E-state index contributed by atoms with van der Waals surface area (Å²) in [6, 6.07) is -5.13. The molecule has 0 aliphatic carbocycles. The number of carboxylic acids is 2. The van der Waals surface area contributed by atoms with Gasteiger partial charge < -0.3 is 47.6 Å². The van der Waals surface area contributed by atoms with Gasteiger partial charge in [0.2, 0.25) is 17.7 Å². The van der Waals surface area contributed by atoms with E-state index >= 15 is 0 Å². The van der Waals surface area contributed by atoms with Crippen molar-refractivity contribution in [3.63, 3.8) is 0 Å². The van der Waals surface area contributed by atoms with Crippen LogP contribution in [-0.4, -0.2) is 90.5 Å². The number of H-pyrrole nitrogens is 2. The Balaban J connectivity index is 2.21. The fourth-order valence-electron chi connectivity index (χ4n) is 3.49. The molecular weight excluding hydrogens is 502 g/mol. The zero-order valence-corrected chi connectivity index (χ0v) is 20.6. The van der Waals surface area contributed by atoms with Crippen molar-refractivity contribution in [2.45, 2.75) is 62.7 Å². The van der Waals surface area contributed by atoms with Crippen LogP contribution in [0.3, 0.4) is 0 Å². The molecule has 2 heterocycles. The maximum absolute atomic E-state index is 13.3. The number of nitrogens with zero attached hydrogens (tertiary/aromatic N) is 2. The van der Waals surface area contributed by atoms with Crippen LogP contribution in [0.1, 0.15) is 37.1 Å². The van der Waals surface area contributed by atoms with Gasteiger partial charge in [0.1, 0.15) is 18.1 Å². The van der Waals surface area contributed by atoms with Crippen LogP contribution in [0, 0.1) is 0 Å². The number of unbranched alkanes of at least 4 members (excludes halogenated alkanes) is 1. The van der Waals surface area contributed by atoms with Crippen molar-refractivity contribution in [3.8, 4) is 0 Å². The molecule has 16 heteroatoms. The third-order valence-corrected chi connectivity index (χ3v) is 5.52. The summed E-state index contributed by atoms with van der Waals surface area (Å²) in [6.45, 7) is 0.453. The summed E-state index contributed by atoms with van der Waals surface area (Å²) >= 11 is 0. The van der Waals surface area contributed by atoms with Crippen molar-refractivity contribution in [2.24, 2.45) is 11.5 Å². The number of rotatable bonds is 17. The van der Waals surface area contributed by atoms with Crippen molar-refractivity contribution in [3.05, 3.63) is 36.4 Å². The molecule has 4 unspecified atom stereocenters. The minimum absolute atomic E-state index is 0.0117. The molecule has 4 atom stereocenters. The van der Waals surface area contributed by atoms with Gasteiger partial charge in [-0.3, -0.25) is 19.2 Å². The Hall–Kier alpha value is -4.31. The maximum atomic E-state index is 13.3. The molecule has 0 aliphatic heterocycles. The Bertz CT molecular complexity index is 1060. The molecule has 2 rings (SSSR count). The monoisotopic (exact) mass is 535 g/mol. The van der Waals surface area contributed by atoms with Gasteiger partial charge in [-0.05, 0) is 19.4 Å². The van der Waals surface area contributed by atoms with Gasteiger partial charge in [0.05, 0.1) is 25.1 Å². The molecular formula is C22H33N9O7. The van der Waals surface area contributed by atoms with Crippen molar-refractivity contribution in [1.29, 1.82) is 0 Å². The van der Waals surface area contributed by atoms with Crippen LogP contribution in [0.15, 0.2) is 25.0 Å². The first-order valence-corrected chi connectivity index (χ1v) is 11.9. The van der Waals surface area contributed by atoms with Crippen LogP contribution in [0.2, 0.25) is 0 Å². The molecule has 0 aromatic carbocycles. The number of hydrogen-bond donors (Lipinski definition) is 9. The van der Waals surface area contributed by atoms with E-state index in [0.29, 0.717) is 37.2 Å². The molecule has 0 saturated heterocycles. The molecule has 0 bridgehead atoms. The zero-order valence-electron chi connectivity index (χ0n) is 20.6. The Morgan fingerprint density at radius 3 is 1.74 bits per heavy atom. The molecule has 0 fully saturated rings. The first-order chi connectivity index (χ1) is 18.1. The highest BCUT2D eigenvalue weighted by atomic mass is 16.4. The van der Waals surface area contributed by atoms with Gasteiger partial charge in [0.15, 0.2) is 0 Å². The second-order valence-corrected chi connectivity index (χ2v) is 8.57. The fourth-order valence-corrected chi connectivity index (χ4v) is 3.49. The standard InChI is InChI=1S/C22H33N9O7/c23-4-2-1-3-14(24)19(34)29-15(5-12-8-25-10-27-12)20(35)30-16(6-13-9-26-11-28-13)21(36)31-17(22(37)38)7-18(32)33/h8-11,14-17H,1-7,23-24H2,(H,25,27)(H,26,28)(H,29,34)(H,30,35)(H,31,36)(H,32,33)(H,37,38). The number of carbonyl (C=O) groups is 5. The van der Waals surface area contributed by atoms with E-state index in [2.05, 4.69) is 35.9 Å². The number of carbonyl (C=O) groups excluding carboxylic acids is 3. The third-order valence-electron chi connectivity index (χ3n) is 5.52. The topological polar surface area (TPSA) is 271 Å². The molecule has 2 aromatic heterocycles. The summed E-state index contributed by atoms with van der Waals surface area (Å²) in [7, 11) is 0. The van der Waals surface area contributed by atoms with Crippen LogP contribution in [0.25, 0.3) is 0 Å². The van der Waals surface area contributed by atoms with Crippen LogP contribution in [0.5, 0.6) is 0 Å². The molecule has 3 amide bonds. The SMILES string of the molecule is NCCCCC(N)C(=O)NC(Cc1cnc[nH]1)C(=O)NC(Cc1cnc[nH]1)C(=O)NC(CC(=O)O)C(=O)O. The maximum Gasteiger partial charge on any atom is 0.326 e. The van der Waals surface area contributed by atoms with Crippen molar-refractivity contribution in [2.75, 3.05) is 6.54 Å². The number of amides is 3. The number of nitrogens with two attached hydrogens (primary N) is 2. The van der Waals surface area contributed by atoms with E-state index in [1.165, 1.54) is 25.0 Å². The highest BCUT2D eigenvalue weighted by Gasteiger charge is 2.31. The van der Waals surface area contributed by atoms with E-state index in [0.717, 1.165) is 0 Å². The fraction of sp³-hybridized carbons (Fsp3) is 0.500. The highest BCUT2D eigenvalue weighted by molar-refractivity contribution is 5.94. The third kappa shape index (κ3) is 9.98. The number of imidazole rings is 2. The first-order valence-electron chi connectivity index (χ1n) is 11.9. The lowest BCUT2D eigenvalue weighted by atomic mass is 10.1. The van der Waals surface area contributed by atoms with Crippen molar-refractivity contribution in [1.82, 2.24) is 35.9 Å². The molecule has 0 radical (unpaired) electrons. The minimum Gasteiger partial charge on any atom is -0.481 e. The zero-order chi connectivity index (χ0) is 28.1. The molecule has 16 nitrogen and oxygen atoms in total. The molecule has 0 saturated carbocycles. The number of aromatic nitrogens is 4. The van der Waals surface area contributed by atoms with Crippen LogP contribution in [0.4, 0.5) is 0 Å². The minimum atomic E-state index is -1.73. The smallest absolute Gasteiger partial charge is 0.326 e. The Morgan fingerprint density at radius 1 is 0.816 bits per heavy atom. The lowest BCUT2D eigenvalue weighted by Crippen LogP contribution is -2.58. The summed E-state index contributed by atoms with van der Waals surface area (Å²) < 4.78 is 0. The van der Waals surface area contributed by atoms with E-state index in [1.54, 1.807) is 0 Å². The summed E-state index contributed by atoms with van der Waals surface area (Å²) in [4.78, 5) is 74.8. The van der Waals surface area contributed by atoms with E-state index in [4.69, 9.17) is 16.6 Å². The number of aromatic amines is 2. The van der Waals surface area contributed by atoms with E-state index in [9.17, 15) is 29.1 Å². The number of nitrogens with one attached hydrogen (secondary N) is 5. The quantitative estimate of drug-likeness (QED) is 0.0946. The lowest BCUT2D eigenvalue weighted by molar-refractivity contribution is -0.147. The second kappa shape index (κ2) is 15.1. The van der Waals surface area contributed by atoms with Gasteiger partial charge in [-0.2, -0.15) is 0 Å². The van der Waals surface area contributed by atoms with Crippen LogP contribution >= 0.6 is 0 Å². The normalized spacial score (nSPS) is 14.1. The molecule has 2 aromatic rings.